The average Bonchev–Trinajstić information content (AvgIpc) is 2.39. The van der Waals surface area contributed by atoms with E-state index in [4.69, 9.17) is 4.74 Å². The van der Waals surface area contributed by atoms with E-state index in [9.17, 15) is 0 Å². The van der Waals surface area contributed by atoms with Gasteiger partial charge in [-0.25, -0.2) is 0 Å². The smallest absolute Gasteiger partial charge is 0.0466 e. The van der Waals surface area contributed by atoms with E-state index in [1.54, 1.807) is 0 Å². The van der Waals surface area contributed by atoms with Crippen LogP contribution in [0.4, 0.5) is 0 Å². The lowest BCUT2D eigenvalue weighted by atomic mass is 10.1. The summed E-state index contributed by atoms with van der Waals surface area (Å²) in [4.78, 5) is 0. The largest absolute Gasteiger partial charge is 0.381 e. The van der Waals surface area contributed by atoms with Crippen molar-refractivity contribution in [2.24, 2.45) is 0 Å². The highest BCUT2D eigenvalue weighted by atomic mass is 16.5. The molecule has 0 rings (SSSR count). The third kappa shape index (κ3) is 16.0. The molecule has 0 saturated heterocycles. The lowest BCUT2D eigenvalue weighted by Gasteiger charge is -2.04. The van der Waals surface area contributed by atoms with Gasteiger partial charge in [0.1, 0.15) is 0 Å². The Labute approximate surface area is 116 Å². The van der Waals surface area contributed by atoms with Crippen molar-refractivity contribution in [2.45, 2.75) is 97.3 Å². The van der Waals surface area contributed by atoms with Crippen LogP contribution >= 0.6 is 0 Å². The van der Waals surface area contributed by atoms with E-state index in [2.05, 4.69) is 13.8 Å². The molecule has 0 unspecified atom stereocenters. The average molecular weight is 256 g/mol. The zero-order valence-electron chi connectivity index (χ0n) is 13.0. The van der Waals surface area contributed by atoms with Crippen molar-refractivity contribution in [1.82, 2.24) is 0 Å². The van der Waals surface area contributed by atoms with E-state index in [0.717, 1.165) is 13.2 Å². The van der Waals surface area contributed by atoms with E-state index in [-0.39, 0.29) is 0 Å². The molecule has 0 aliphatic rings. The molecule has 0 aliphatic carbocycles. The van der Waals surface area contributed by atoms with E-state index < -0.39 is 0 Å². The van der Waals surface area contributed by atoms with Crippen LogP contribution in [0.2, 0.25) is 0 Å². The van der Waals surface area contributed by atoms with Crippen LogP contribution in [-0.2, 0) is 4.74 Å². The topological polar surface area (TPSA) is 9.23 Å². The second-order valence-electron chi connectivity index (χ2n) is 5.50. The Morgan fingerprint density at radius 3 is 1.28 bits per heavy atom. The predicted octanol–water partition coefficient (Wildman–Crippen LogP) is 6.11. The van der Waals surface area contributed by atoms with Crippen LogP contribution in [-0.4, -0.2) is 13.2 Å². The molecule has 0 bridgehead atoms. The van der Waals surface area contributed by atoms with Gasteiger partial charge in [-0.1, -0.05) is 84.5 Å². The maximum atomic E-state index is 5.61. The summed E-state index contributed by atoms with van der Waals surface area (Å²) in [6, 6.07) is 0. The molecule has 0 aromatic rings. The fraction of sp³-hybridized carbons (Fsp3) is 1.00. The Morgan fingerprint density at radius 1 is 0.444 bits per heavy atom. The summed E-state index contributed by atoms with van der Waals surface area (Å²) in [5, 5.41) is 0. The zero-order valence-corrected chi connectivity index (χ0v) is 13.0. The number of hydrogen-bond acceptors (Lipinski definition) is 1. The first-order valence-electron chi connectivity index (χ1n) is 8.49. The van der Waals surface area contributed by atoms with E-state index in [0.29, 0.717) is 0 Å². The summed E-state index contributed by atoms with van der Waals surface area (Å²) in [6.45, 7) is 6.48. The summed E-state index contributed by atoms with van der Waals surface area (Å²) in [6.07, 6.45) is 17.9. The van der Waals surface area contributed by atoms with Gasteiger partial charge in [-0.2, -0.15) is 0 Å². The van der Waals surface area contributed by atoms with Gasteiger partial charge in [-0.05, 0) is 12.8 Å². The first-order valence-corrected chi connectivity index (χ1v) is 8.49. The monoisotopic (exact) mass is 256 g/mol. The summed E-state index contributed by atoms with van der Waals surface area (Å²) in [5.74, 6) is 0. The standard InChI is InChI=1S/C17H36O/c1-3-5-7-8-9-10-11-12-13-15-17-18-16-14-6-4-2/h3-17H2,1-2H3. The minimum atomic E-state index is 0.977. The van der Waals surface area contributed by atoms with Gasteiger partial charge in [0.05, 0.1) is 0 Å². The second-order valence-corrected chi connectivity index (χ2v) is 5.50. The molecule has 0 heterocycles. The molecule has 18 heavy (non-hydrogen) atoms. The molecule has 0 N–H and O–H groups in total. The molecule has 0 atom stereocenters. The van der Waals surface area contributed by atoms with Crippen molar-refractivity contribution in [3.63, 3.8) is 0 Å². The van der Waals surface area contributed by atoms with Crippen LogP contribution in [0.3, 0.4) is 0 Å². The van der Waals surface area contributed by atoms with E-state index in [1.807, 2.05) is 0 Å². The summed E-state index contributed by atoms with van der Waals surface area (Å²) in [5.41, 5.74) is 0. The van der Waals surface area contributed by atoms with Gasteiger partial charge in [0.2, 0.25) is 0 Å². The molecule has 0 aromatic heterocycles. The summed E-state index contributed by atoms with van der Waals surface area (Å²) >= 11 is 0. The van der Waals surface area contributed by atoms with Crippen LogP contribution in [0.5, 0.6) is 0 Å². The number of hydrogen-bond donors (Lipinski definition) is 0. The second kappa shape index (κ2) is 17.0. The highest BCUT2D eigenvalue weighted by Gasteiger charge is 1.93. The van der Waals surface area contributed by atoms with Gasteiger partial charge in [0, 0.05) is 13.2 Å². The van der Waals surface area contributed by atoms with Crippen molar-refractivity contribution >= 4 is 0 Å². The maximum absolute atomic E-state index is 5.61. The third-order valence-corrected chi connectivity index (χ3v) is 3.53. The molecule has 0 radical (unpaired) electrons. The predicted molar refractivity (Wildman–Crippen MR) is 82.2 cm³/mol. The first kappa shape index (κ1) is 18.0. The highest BCUT2D eigenvalue weighted by molar-refractivity contribution is 4.47. The molecule has 0 aliphatic heterocycles. The quantitative estimate of drug-likeness (QED) is 0.321. The lowest BCUT2D eigenvalue weighted by Crippen LogP contribution is -1.96. The van der Waals surface area contributed by atoms with Gasteiger partial charge < -0.3 is 4.74 Å². The molecule has 0 fully saturated rings. The highest BCUT2D eigenvalue weighted by Crippen LogP contribution is 2.10. The fourth-order valence-corrected chi connectivity index (χ4v) is 2.25. The van der Waals surface area contributed by atoms with E-state index >= 15 is 0 Å². The Balaban J connectivity index is 2.86. The zero-order chi connectivity index (χ0) is 13.3. The van der Waals surface area contributed by atoms with Crippen molar-refractivity contribution in [2.75, 3.05) is 13.2 Å². The van der Waals surface area contributed by atoms with Crippen LogP contribution in [0, 0.1) is 0 Å². The van der Waals surface area contributed by atoms with Crippen LogP contribution < -0.4 is 0 Å². The Bertz CT molecular complexity index is 118. The molecule has 110 valence electrons. The van der Waals surface area contributed by atoms with Gasteiger partial charge in [-0.3, -0.25) is 0 Å². The lowest BCUT2D eigenvalue weighted by molar-refractivity contribution is 0.126. The van der Waals surface area contributed by atoms with Gasteiger partial charge in [-0.15, -0.1) is 0 Å². The number of rotatable bonds is 15. The molecule has 0 spiro atoms. The van der Waals surface area contributed by atoms with Crippen LogP contribution in [0.15, 0.2) is 0 Å². The third-order valence-electron chi connectivity index (χ3n) is 3.53. The summed E-state index contributed by atoms with van der Waals surface area (Å²) in [7, 11) is 0. The van der Waals surface area contributed by atoms with E-state index in [1.165, 1.54) is 83.5 Å². The Morgan fingerprint density at radius 2 is 0.778 bits per heavy atom. The van der Waals surface area contributed by atoms with Crippen molar-refractivity contribution in [1.29, 1.82) is 0 Å². The van der Waals surface area contributed by atoms with Crippen molar-refractivity contribution in [3.05, 3.63) is 0 Å². The van der Waals surface area contributed by atoms with Crippen LogP contribution in [0.1, 0.15) is 97.3 Å². The maximum Gasteiger partial charge on any atom is 0.0466 e. The summed E-state index contributed by atoms with van der Waals surface area (Å²) < 4.78 is 5.61. The SMILES string of the molecule is CCCCCCCCCCCCOCCCCC. The minimum Gasteiger partial charge on any atom is -0.381 e. The van der Waals surface area contributed by atoms with Crippen molar-refractivity contribution in [3.8, 4) is 0 Å². The molecular weight excluding hydrogens is 220 g/mol. The van der Waals surface area contributed by atoms with Gasteiger partial charge in [0.25, 0.3) is 0 Å². The number of unbranched alkanes of at least 4 members (excludes halogenated alkanes) is 11. The Kier molecular flexibility index (Phi) is 16.9. The molecule has 1 nitrogen and oxygen atoms in total. The molecule has 0 saturated carbocycles. The van der Waals surface area contributed by atoms with Crippen LogP contribution in [0.25, 0.3) is 0 Å². The normalized spacial score (nSPS) is 11.0. The Hall–Kier alpha value is -0.0400. The van der Waals surface area contributed by atoms with Gasteiger partial charge in [0.15, 0.2) is 0 Å². The van der Waals surface area contributed by atoms with Crippen molar-refractivity contribution < 1.29 is 4.74 Å². The van der Waals surface area contributed by atoms with Gasteiger partial charge >= 0.3 is 0 Å². The minimum absolute atomic E-state index is 0.977. The molecular formula is C17H36O. The fourth-order valence-electron chi connectivity index (χ4n) is 2.25. The molecule has 0 amide bonds. The molecule has 1 heteroatoms. The number of ether oxygens (including phenoxy) is 1. The first-order chi connectivity index (χ1) is 8.91. The molecule has 0 aromatic carbocycles.